The van der Waals surface area contributed by atoms with Crippen molar-refractivity contribution in [2.45, 2.75) is 13.0 Å². The lowest BCUT2D eigenvalue weighted by Gasteiger charge is -2.13. The molecule has 2 N–H and O–H groups in total. The van der Waals surface area contributed by atoms with Crippen LogP contribution in [-0.2, 0) is 17.8 Å². The topological polar surface area (TPSA) is 58.6 Å². The number of hydrogen-bond donors (Lipinski definition) is 2. The van der Waals surface area contributed by atoms with Gasteiger partial charge in [-0.25, -0.2) is 0 Å². The Labute approximate surface area is 156 Å². The lowest BCUT2D eigenvalue weighted by atomic mass is 10.1. The highest BCUT2D eigenvalue weighted by molar-refractivity contribution is 9.11. The van der Waals surface area contributed by atoms with Crippen molar-refractivity contribution in [2.75, 3.05) is 12.4 Å². The molecule has 2 aromatic carbocycles. The van der Waals surface area contributed by atoms with E-state index in [0.717, 1.165) is 11.3 Å². The van der Waals surface area contributed by atoms with Crippen LogP contribution >= 0.6 is 43.5 Å². The van der Waals surface area contributed by atoms with Crippen molar-refractivity contribution < 1.29 is 14.6 Å². The van der Waals surface area contributed by atoms with E-state index in [-0.39, 0.29) is 6.42 Å². The largest absolute Gasteiger partial charge is 0.487 e. The molecule has 4 nitrogen and oxygen atoms in total. The molecule has 0 radical (unpaired) electrons. The highest BCUT2D eigenvalue weighted by Gasteiger charge is 2.11. The van der Waals surface area contributed by atoms with Gasteiger partial charge in [-0.1, -0.05) is 11.6 Å². The fraction of sp³-hybridized carbons (Fsp3) is 0.188. The molecule has 0 aliphatic carbocycles. The van der Waals surface area contributed by atoms with Gasteiger partial charge in [0.25, 0.3) is 0 Å². The first kappa shape index (κ1) is 18.1. The van der Waals surface area contributed by atoms with E-state index >= 15 is 0 Å². The lowest BCUT2D eigenvalue weighted by molar-refractivity contribution is -0.136. The Morgan fingerprint density at radius 2 is 1.83 bits per heavy atom. The molecule has 0 heterocycles. The smallest absolute Gasteiger partial charge is 0.307 e. The Balaban J connectivity index is 2.17. The zero-order valence-corrected chi connectivity index (χ0v) is 16.1. The second-order valence-corrected chi connectivity index (χ2v) is 6.99. The highest BCUT2D eigenvalue weighted by atomic mass is 79.9. The van der Waals surface area contributed by atoms with Crippen molar-refractivity contribution in [3.63, 3.8) is 0 Å². The van der Waals surface area contributed by atoms with Crippen molar-refractivity contribution in [3.05, 3.63) is 55.4 Å². The minimum absolute atomic E-state index is 0.0443. The van der Waals surface area contributed by atoms with Crippen LogP contribution in [0, 0.1) is 0 Å². The van der Waals surface area contributed by atoms with E-state index in [2.05, 4.69) is 37.2 Å². The maximum absolute atomic E-state index is 10.8. The fourth-order valence-corrected chi connectivity index (χ4v) is 3.83. The van der Waals surface area contributed by atoms with E-state index in [4.69, 9.17) is 21.4 Å². The average molecular weight is 464 g/mol. The van der Waals surface area contributed by atoms with Gasteiger partial charge in [0.2, 0.25) is 0 Å². The normalized spacial score (nSPS) is 10.4. The predicted molar refractivity (Wildman–Crippen MR) is 98.5 cm³/mol. The van der Waals surface area contributed by atoms with Gasteiger partial charge in [0, 0.05) is 17.8 Å². The van der Waals surface area contributed by atoms with E-state index in [1.165, 1.54) is 0 Å². The van der Waals surface area contributed by atoms with E-state index in [9.17, 15) is 4.79 Å². The number of ether oxygens (including phenoxy) is 1. The zero-order chi connectivity index (χ0) is 17.0. The van der Waals surface area contributed by atoms with Gasteiger partial charge < -0.3 is 15.2 Å². The molecule has 0 aliphatic heterocycles. The Hall–Kier alpha value is -1.24. The summed E-state index contributed by atoms with van der Waals surface area (Å²) in [4.78, 5) is 10.8. The van der Waals surface area contributed by atoms with Crippen LogP contribution in [0.15, 0.2) is 39.3 Å². The van der Waals surface area contributed by atoms with Gasteiger partial charge in [0.1, 0.15) is 12.4 Å². The van der Waals surface area contributed by atoms with Crippen LogP contribution in [0.4, 0.5) is 5.69 Å². The van der Waals surface area contributed by atoms with Crippen molar-refractivity contribution in [3.8, 4) is 5.75 Å². The predicted octanol–water partition coefficient (Wildman–Crippen LogP) is 5.11. The summed E-state index contributed by atoms with van der Waals surface area (Å²) >= 11 is 12.9. The summed E-state index contributed by atoms with van der Waals surface area (Å²) in [5, 5.41) is 12.5. The van der Waals surface area contributed by atoms with E-state index in [1.54, 1.807) is 12.1 Å². The van der Waals surface area contributed by atoms with Crippen LogP contribution < -0.4 is 10.1 Å². The monoisotopic (exact) mass is 461 g/mol. The summed E-state index contributed by atoms with van der Waals surface area (Å²) < 4.78 is 7.23. The maximum Gasteiger partial charge on any atom is 0.307 e. The Bertz CT molecular complexity index is 714. The first-order valence-electron chi connectivity index (χ1n) is 6.68. The summed E-state index contributed by atoms with van der Waals surface area (Å²) in [6.07, 6.45) is -0.0443. The highest BCUT2D eigenvalue weighted by Crippen LogP contribution is 2.35. The minimum atomic E-state index is -0.879. The number of carboxylic acid groups (broad SMARTS) is 1. The molecule has 0 spiro atoms. The van der Waals surface area contributed by atoms with Crippen LogP contribution in [0.25, 0.3) is 0 Å². The second kappa shape index (κ2) is 8.04. The van der Waals surface area contributed by atoms with Gasteiger partial charge in [-0.2, -0.15) is 0 Å². The molecule has 7 heteroatoms. The van der Waals surface area contributed by atoms with Gasteiger partial charge >= 0.3 is 5.97 Å². The molecule has 0 saturated heterocycles. The van der Waals surface area contributed by atoms with Crippen LogP contribution in [0.1, 0.15) is 11.1 Å². The van der Waals surface area contributed by atoms with Gasteiger partial charge in [-0.05, 0) is 73.3 Å². The molecular formula is C16H14Br2ClNO3. The lowest BCUT2D eigenvalue weighted by Crippen LogP contribution is -2.02. The number of carboxylic acids is 1. The molecule has 2 rings (SSSR count). The third kappa shape index (κ3) is 5.12. The Morgan fingerprint density at radius 1 is 1.17 bits per heavy atom. The summed E-state index contributed by atoms with van der Waals surface area (Å²) in [6.45, 7) is 0.338. The van der Waals surface area contributed by atoms with Gasteiger partial charge in [0.15, 0.2) is 0 Å². The molecule has 2 aromatic rings. The molecule has 0 aromatic heterocycles. The van der Waals surface area contributed by atoms with E-state index < -0.39 is 5.97 Å². The van der Waals surface area contributed by atoms with Crippen LogP contribution in [-0.4, -0.2) is 18.1 Å². The molecule has 23 heavy (non-hydrogen) atoms. The molecule has 0 bridgehead atoms. The third-order valence-corrected chi connectivity index (χ3v) is 4.44. The summed E-state index contributed by atoms with van der Waals surface area (Å²) in [6, 6.07) is 9.10. The van der Waals surface area contributed by atoms with E-state index in [1.807, 2.05) is 25.2 Å². The number of anilines is 1. The molecule has 0 amide bonds. The summed E-state index contributed by atoms with van der Waals surface area (Å²) in [7, 11) is 1.82. The molecule has 0 unspecified atom stereocenters. The summed E-state index contributed by atoms with van der Waals surface area (Å²) in [5.41, 5.74) is 2.52. The number of benzene rings is 2. The third-order valence-electron chi connectivity index (χ3n) is 3.04. The molecule has 0 saturated carbocycles. The first-order chi connectivity index (χ1) is 10.9. The standard InChI is InChI=1S/C16H14Br2ClNO3/c1-20-12-3-10(2-11(19)7-12)8-23-16-13(17)4-9(5-14(16)18)6-15(21)22/h2-5,7,20H,6,8H2,1H3,(H,21,22). The second-order valence-electron chi connectivity index (χ2n) is 4.85. The van der Waals surface area contributed by atoms with Crippen molar-refractivity contribution in [2.24, 2.45) is 0 Å². The number of aliphatic carboxylic acids is 1. The fourth-order valence-electron chi connectivity index (χ4n) is 2.06. The van der Waals surface area contributed by atoms with Gasteiger partial charge in [0.05, 0.1) is 15.4 Å². The Kier molecular flexibility index (Phi) is 6.33. The summed E-state index contributed by atoms with van der Waals surface area (Å²) in [5.74, 6) is -0.263. The van der Waals surface area contributed by atoms with Crippen molar-refractivity contribution in [1.29, 1.82) is 0 Å². The number of hydrogen-bond acceptors (Lipinski definition) is 3. The van der Waals surface area contributed by atoms with Crippen molar-refractivity contribution in [1.82, 2.24) is 0 Å². The van der Waals surface area contributed by atoms with Gasteiger partial charge in [-0.3, -0.25) is 4.79 Å². The molecule has 122 valence electrons. The SMILES string of the molecule is CNc1cc(Cl)cc(COc2c(Br)cc(CC(=O)O)cc2Br)c1. The van der Waals surface area contributed by atoms with Crippen LogP contribution in [0.2, 0.25) is 5.02 Å². The molecule has 0 aliphatic rings. The average Bonchev–Trinajstić information content (AvgIpc) is 2.45. The number of nitrogens with one attached hydrogen (secondary N) is 1. The zero-order valence-electron chi connectivity index (χ0n) is 12.2. The molecule has 0 fully saturated rings. The van der Waals surface area contributed by atoms with Crippen molar-refractivity contribution >= 4 is 55.1 Å². The number of carbonyl (C=O) groups is 1. The van der Waals surface area contributed by atoms with Gasteiger partial charge in [-0.15, -0.1) is 0 Å². The van der Waals surface area contributed by atoms with E-state index in [0.29, 0.717) is 31.9 Å². The molecular weight excluding hydrogens is 449 g/mol. The van der Waals surface area contributed by atoms with Crippen LogP contribution in [0.3, 0.4) is 0 Å². The van der Waals surface area contributed by atoms with Crippen LogP contribution in [0.5, 0.6) is 5.75 Å². The number of rotatable bonds is 6. The molecule has 0 atom stereocenters. The Morgan fingerprint density at radius 3 is 2.39 bits per heavy atom. The minimum Gasteiger partial charge on any atom is -0.487 e. The quantitative estimate of drug-likeness (QED) is 0.625. The number of halogens is 3. The maximum atomic E-state index is 10.8. The first-order valence-corrected chi connectivity index (χ1v) is 8.65.